The van der Waals surface area contributed by atoms with E-state index in [1.807, 2.05) is 0 Å². The van der Waals surface area contributed by atoms with Crippen molar-refractivity contribution in [3.05, 3.63) is 30.1 Å². The molecule has 10 heteroatoms. The van der Waals surface area contributed by atoms with Crippen molar-refractivity contribution in [2.75, 3.05) is 38.2 Å². The zero-order valence-corrected chi connectivity index (χ0v) is 20.1. The summed E-state index contributed by atoms with van der Waals surface area (Å²) in [5.74, 6) is 1.80. The van der Waals surface area contributed by atoms with Crippen LogP contribution >= 0.6 is 35.7 Å². The summed E-state index contributed by atoms with van der Waals surface area (Å²) < 4.78 is 39.5. The lowest BCUT2D eigenvalue weighted by atomic mass is 9.86. The molecule has 0 amide bonds. The van der Waals surface area contributed by atoms with Gasteiger partial charge in [0, 0.05) is 31.6 Å². The first kappa shape index (κ1) is 25.4. The minimum atomic E-state index is -3.24. The van der Waals surface area contributed by atoms with E-state index in [0.29, 0.717) is 25.0 Å². The molecular formula is C18H30FIN4O2S2. The molecule has 1 aromatic rings. The maximum Gasteiger partial charge on any atom is 0.213 e. The van der Waals surface area contributed by atoms with Crippen LogP contribution in [0, 0.1) is 11.7 Å². The first-order valence-electron chi connectivity index (χ1n) is 9.29. The van der Waals surface area contributed by atoms with Gasteiger partial charge >= 0.3 is 0 Å². The molecule has 0 atom stereocenters. The molecule has 1 aliphatic carbocycles. The lowest BCUT2D eigenvalue weighted by molar-refractivity contribution is 0.316. The van der Waals surface area contributed by atoms with Gasteiger partial charge in [-0.15, -0.1) is 35.7 Å². The quantitative estimate of drug-likeness (QED) is 0.131. The monoisotopic (exact) mass is 544 g/mol. The summed E-state index contributed by atoms with van der Waals surface area (Å²) >= 11 is 1.67. The number of nitrogens with one attached hydrogen (secondary N) is 3. The minimum Gasteiger partial charge on any atom is -0.356 e. The van der Waals surface area contributed by atoms with E-state index in [1.165, 1.54) is 18.6 Å². The van der Waals surface area contributed by atoms with Crippen molar-refractivity contribution in [3.8, 4) is 0 Å². The molecule has 1 fully saturated rings. The molecular weight excluding hydrogens is 514 g/mol. The fraction of sp³-hybridized carbons (Fsp3) is 0.611. The molecule has 160 valence electrons. The highest BCUT2D eigenvalue weighted by Gasteiger charge is 2.19. The topological polar surface area (TPSA) is 82.6 Å². The third-order valence-electron chi connectivity index (χ3n) is 4.40. The van der Waals surface area contributed by atoms with E-state index in [-0.39, 0.29) is 35.5 Å². The molecule has 6 nitrogen and oxygen atoms in total. The van der Waals surface area contributed by atoms with Crippen LogP contribution in [0.15, 0.2) is 34.2 Å². The minimum absolute atomic E-state index is 0. The Bertz CT molecular complexity index is 698. The predicted octanol–water partition coefficient (Wildman–Crippen LogP) is 2.81. The zero-order valence-electron chi connectivity index (χ0n) is 16.1. The molecule has 0 unspecified atom stereocenters. The number of aliphatic imine (C=N–C) groups is 1. The normalized spacial score (nSPS) is 14.9. The summed E-state index contributed by atoms with van der Waals surface area (Å²) in [5.41, 5.74) is 0. The van der Waals surface area contributed by atoms with Crippen LogP contribution in [-0.4, -0.2) is 52.6 Å². The fourth-order valence-electron chi connectivity index (χ4n) is 2.54. The summed E-state index contributed by atoms with van der Waals surface area (Å²) in [6.07, 6.45) is 4.36. The second-order valence-electron chi connectivity index (χ2n) is 6.55. The molecule has 0 saturated heterocycles. The molecule has 0 aromatic heterocycles. The van der Waals surface area contributed by atoms with Crippen LogP contribution in [0.1, 0.15) is 25.7 Å². The second kappa shape index (κ2) is 13.6. The third-order valence-corrected chi connectivity index (χ3v) is 6.85. The maximum atomic E-state index is 12.8. The van der Waals surface area contributed by atoms with Crippen molar-refractivity contribution in [2.24, 2.45) is 10.9 Å². The van der Waals surface area contributed by atoms with Gasteiger partial charge in [0.1, 0.15) is 5.82 Å². The summed E-state index contributed by atoms with van der Waals surface area (Å²) in [6.45, 7) is 1.59. The van der Waals surface area contributed by atoms with Gasteiger partial charge in [-0.05, 0) is 55.2 Å². The van der Waals surface area contributed by atoms with Gasteiger partial charge in [0.2, 0.25) is 10.0 Å². The Morgan fingerprint density at radius 2 is 1.89 bits per heavy atom. The molecule has 3 N–H and O–H groups in total. The number of nitrogens with zero attached hydrogens (tertiary/aromatic N) is 1. The SMILES string of the molecule is CN=C(NCCCSc1ccc(F)cc1)NCCS(=O)(=O)NCC1CCC1.I. The van der Waals surface area contributed by atoms with Crippen molar-refractivity contribution < 1.29 is 12.8 Å². The smallest absolute Gasteiger partial charge is 0.213 e. The number of hydrogen-bond acceptors (Lipinski definition) is 4. The van der Waals surface area contributed by atoms with Crippen LogP contribution in [-0.2, 0) is 10.0 Å². The number of sulfonamides is 1. The van der Waals surface area contributed by atoms with Gasteiger partial charge in [-0.2, -0.15) is 0 Å². The van der Waals surface area contributed by atoms with Crippen LogP contribution in [0.4, 0.5) is 4.39 Å². The number of hydrogen-bond donors (Lipinski definition) is 3. The van der Waals surface area contributed by atoms with Crippen molar-refractivity contribution >= 4 is 51.7 Å². The Morgan fingerprint density at radius 3 is 2.50 bits per heavy atom. The van der Waals surface area contributed by atoms with E-state index in [1.54, 1.807) is 30.9 Å². The highest BCUT2D eigenvalue weighted by molar-refractivity contribution is 14.0. The predicted molar refractivity (Wildman–Crippen MR) is 126 cm³/mol. The summed E-state index contributed by atoms with van der Waals surface area (Å²) in [6, 6.07) is 6.46. The first-order valence-corrected chi connectivity index (χ1v) is 11.9. The molecule has 0 heterocycles. The van der Waals surface area contributed by atoms with Gasteiger partial charge in [-0.25, -0.2) is 17.5 Å². The van der Waals surface area contributed by atoms with E-state index in [0.717, 1.165) is 36.5 Å². The van der Waals surface area contributed by atoms with Crippen molar-refractivity contribution in [1.29, 1.82) is 0 Å². The number of thioether (sulfide) groups is 1. The third kappa shape index (κ3) is 10.3. The Morgan fingerprint density at radius 1 is 1.21 bits per heavy atom. The second-order valence-corrected chi connectivity index (χ2v) is 9.64. The highest BCUT2D eigenvalue weighted by Crippen LogP contribution is 2.25. The maximum absolute atomic E-state index is 12.8. The van der Waals surface area contributed by atoms with Gasteiger partial charge < -0.3 is 10.6 Å². The summed E-state index contributed by atoms with van der Waals surface area (Å²) in [4.78, 5) is 5.14. The molecule has 1 aliphatic rings. The molecule has 28 heavy (non-hydrogen) atoms. The Hall–Kier alpha value is -0.590. The van der Waals surface area contributed by atoms with Crippen LogP contribution in [0.5, 0.6) is 0 Å². The van der Waals surface area contributed by atoms with Gasteiger partial charge in [0.05, 0.1) is 5.75 Å². The number of rotatable bonds is 11. The number of halogens is 2. The largest absolute Gasteiger partial charge is 0.356 e. The van der Waals surface area contributed by atoms with Crippen LogP contribution in [0.3, 0.4) is 0 Å². The molecule has 0 radical (unpaired) electrons. The molecule has 0 bridgehead atoms. The average molecular weight is 545 g/mol. The van der Waals surface area contributed by atoms with E-state index < -0.39 is 10.0 Å². The van der Waals surface area contributed by atoms with Crippen LogP contribution in [0.2, 0.25) is 0 Å². The van der Waals surface area contributed by atoms with Crippen molar-refractivity contribution in [2.45, 2.75) is 30.6 Å². The molecule has 1 saturated carbocycles. The zero-order chi connectivity index (χ0) is 19.5. The summed E-state index contributed by atoms with van der Waals surface area (Å²) in [7, 11) is -1.59. The molecule has 2 rings (SSSR count). The highest BCUT2D eigenvalue weighted by atomic mass is 127. The van der Waals surface area contributed by atoms with Gasteiger partial charge in [-0.1, -0.05) is 6.42 Å². The molecule has 0 aliphatic heterocycles. The first-order chi connectivity index (χ1) is 13.0. The number of benzene rings is 1. The van der Waals surface area contributed by atoms with E-state index in [4.69, 9.17) is 0 Å². The van der Waals surface area contributed by atoms with Crippen LogP contribution < -0.4 is 15.4 Å². The Kier molecular flexibility index (Phi) is 12.4. The van der Waals surface area contributed by atoms with Crippen molar-refractivity contribution in [1.82, 2.24) is 15.4 Å². The molecule has 0 spiro atoms. The van der Waals surface area contributed by atoms with Gasteiger partial charge in [0.25, 0.3) is 0 Å². The van der Waals surface area contributed by atoms with E-state index >= 15 is 0 Å². The fourth-order valence-corrected chi connectivity index (χ4v) is 4.40. The lowest BCUT2D eigenvalue weighted by Crippen LogP contribution is -2.42. The molecule has 1 aromatic carbocycles. The standard InChI is InChI=1S/C18H29FN4O2S2.HI/c1-20-18(21-10-3-12-26-17-8-6-16(19)7-9-17)22-11-13-27(24,25)23-14-15-4-2-5-15;/h6-9,15,23H,2-5,10-14H2,1H3,(H2,20,21,22);1H. The van der Waals surface area contributed by atoms with Crippen LogP contribution in [0.25, 0.3) is 0 Å². The van der Waals surface area contributed by atoms with E-state index in [9.17, 15) is 12.8 Å². The Labute approximate surface area is 189 Å². The summed E-state index contributed by atoms with van der Waals surface area (Å²) in [5, 5.41) is 6.20. The average Bonchev–Trinajstić information content (AvgIpc) is 2.60. The number of guanidine groups is 1. The van der Waals surface area contributed by atoms with E-state index in [2.05, 4.69) is 20.3 Å². The van der Waals surface area contributed by atoms with Gasteiger partial charge in [-0.3, -0.25) is 4.99 Å². The Balaban J connectivity index is 0.00000392. The van der Waals surface area contributed by atoms with Crippen molar-refractivity contribution in [3.63, 3.8) is 0 Å². The van der Waals surface area contributed by atoms with Gasteiger partial charge in [0.15, 0.2) is 5.96 Å². The lowest BCUT2D eigenvalue weighted by Gasteiger charge is -2.25.